The zero-order chi connectivity index (χ0) is 87.3. The molecule has 0 radical (unpaired) electrons. The number of aromatic nitrogens is 7. The van der Waals surface area contributed by atoms with Crippen molar-refractivity contribution in [3.63, 3.8) is 0 Å². The fourth-order valence-corrected chi connectivity index (χ4v) is 20.9. The van der Waals surface area contributed by atoms with Crippen LogP contribution in [0.1, 0.15) is 22.3 Å². The van der Waals surface area contributed by atoms with Gasteiger partial charge in [-0.2, -0.15) is 0 Å². The molecule has 7 heteroatoms. The molecule has 0 aliphatic carbocycles. The molecule has 0 saturated heterocycles. The van der Waals surface area contributed by atoms with Crippen LogP contribution >= 0.6 is 0 Å². The van der Waals surface area contributed by atoms with E-state index >= 15 is 0 Å². The summed E-state index contributed by atoms with van der Waals surface area (Å²) in [5, 5.41) is 18.0. The summed E-state index contributed by atoms with van der Waals surface area (Å²) in [4.78, 5) is 0. The Bertz CT molecular complexity index is 8960. The summed E-state index contributed by atoms with van der Waals surface area (Å²) in [6, 6.07) is 168. The number of hydrogen-bond donors (Lipinski definition) is 0. The molecule has 7 nitrogen and oxygen atoms in total. The van der Waals surface area contributed by atoms with Crippen molar-refractivity contribution in [3.8, 4) is 62.1 Å². The van der Waals surface area contributed by atoms with Crippen molar-refractivity contribution in [1.29, 1.82) is 0 Å². The van der Waals surface area contributed by atoms with Gasteiger partial charge in [0.2, 0.25) is 0 Å². The summed E-state index contributed by atoms with van der Waals surface area (Å²) in [5.41, 5.74) is 35.8. The van der Waals surface area contributed by atoms with E-state index in [0.717, 1.165) is 0 Å². The number of hydrogen-bond acceptors (Lipinski definition) is 0. The van der Waals surface area contributed by atoms with E-state index in [1.54, 1.807) is 0 Å². The first kappa shape index (κ1) is 77.6. The third-order valence-corrected chi connectivity index (χ3v) is 26.8. The second kappa shape index (κ2) is 32.1. The molecule has 620 valence electrons. The van der Waals surface area contributed by atoms with Crippen molar-refractivity contribution in [2.24, 2.45) is 0 Å². The maximum atomic E-state index is 2.41. The third-order valence-electron chi connectivity index (χ3n) is 26.8. The fraction of sp³-hybridized carbons (Fsp3) is 0.0323. The quantitative estimate of drug-likeness (QED) is 0.138. The molecule has 0 aliphatic rings. The molecule has 131 heavy (non-hydrogen) atoms. The highest BCUT2D eigenvalue weighted by Crippen LogP contribution is 2.44. The van der Waals surface area contributed by atoms with E-state index in [2.05, 4.69) is 527 Å². The van der Waals surface area contributed by atoms with Gasteiger partial charge in [0.05, 0.1) is 82.9 Å². The number of nitrogens with zero attached hydrogens (tertiary/aromatic N) is 7. The van der Waals surface area contributed by atoms with Gasteiger partial charge in [-0.1, -0.05) is 303 Å². The summed E-state index contributed by atoms with van der Waals surface area (Å²) in [7, 11) is 0. The highest BCUT2D eigenvalue weighted by molar-refractivity contribution is 6.17. The number of fused-ring (bicyclic) bond motifs is 21. The summed E-state index contributed by atoms with van der Waals surface area (Å²) in [5.74, 6) is 0. The minimum Gasteiger partial charge on any atom is -0.309 e. The predicted molar refractivity (Wildman–Crippen MR) is 556 cm³/mol. The van der Waals surface area contributed by atoms with Gasteiger partial charge in [-0.15, -0.1) is 0 Å². The van der Waals surface area contributed by atoms with E-state index in [1.165, 1.54) is 237 Å². The highest BCUT2D eigenvalue weighted by atomic mass is 15.0. The van der Waals surface area contributed by atoms with Crippen LogP contribution in [0.2, 0.25) is 0 Å². The summed E-state index contributed by atoms with van der Waals surface area (Å²) >= 11 is 0. The number of aryl methyl sites for hydroxylation is 3. The molecule has 0 spiro atoms. The van der Waals surface area contributed by atoms with Crippen LogP contribution in [0.5, 0.6) is 0 Å². The summed E-state index contributed by atoms with van der Waals surface area (Å²) in [6.07, 6.45) is 0. The van der Waals surface area contributed by atoms with Gasteiger partial charge in [0, 0.05) is 110 Å². The Morgan fingerprint density at radius 2 is 0.389 bits per heavy atom. The number of rotatable bonds is 9. The normalized spacial score (nSPS) is 11.7. The second-order valence-corrected chi connectivity index (χ2v) is 34.5. The average molecular weight is 1680 g/mol. The van der Waals surface area contributed by atoms with Gasteiger partial charge in [-0.05, 0) is 236 Å². The highest BCUT2D eigenvalue weighted by Gasteiger charge is 2.23. The van der Waals surface area contributed by atoms with Crippen molar-refractivity contribution in [3.05, 3.63) is 489 Å². The molecule has 27 aromatic rings. The van der Waals surface area contributed by atoms with Gasteiger partial charge < -0.3 is 32.0 Å². The molecule has 27 rings (SSSR count). The Labute approximate surface area is 758 Å². The van der Waals surface area contributed by atoms with Crippen molar-refractivity contribution >= 4 is 153 Å². The van der Waals surface area contributed by atoms with Crippen LogP contribution in [0.25, 0.3) is 215 Å². The van der Waals surface area contributed by atoms with Gasteiger partial charge in [0.25, 0.3) is 0 Å². The lowest BCUT2D eigenvalue weighted by atomic mass is 9.99. The second-order valence-electron chi connectivity index (χ2n) is 34.5. The lowest BCUT2D eigenvalue weighted by Crippen LogP contribution is -2.01. The fourth-order valence-electron chi connectivity index (χ4n) is 20.9. The van der Waals surface area contributed by atoms with E-state index in [4.69, 9.17) is 0 Å². The largest absolute Gasteiger partial charge is 0.309 e. The summed E-state index contributed by atoms with van der Waals surface area (Å²) < 4.78 is 16.7. The van der Waals surface area contributed by atoms with Crippen LogP contribution in [0.4, 0.5) is 0 Å². The van der Waals surface area contributed by atoms with Gasteiger partial charge >= 0.3 is 0 Å². The van der Waals surface area contributed by atoms with E-state index in [1.807, 2.05) is 0 Å². The molecule has 0 unspecified atom stereocenters. The molecule has 0 amide bonds. The van der Waals surface area contributed by atoms with Crippen LogP contribution in [-0.4, -0.2) is 32.0 Å². The van der Waals surface area contributed by atoms with E-state index in [9.17, 15) is 0 Å². The Kier molecular flexibility index (Phi) is 19.0. The summed E-state index contributed by atoms with van der Waals surface area (Å²) in [6.45, 7) is 8.73. The van der Waals surface area contributed by atoms with E-state index in [0.29, 0.717) is 0 Å². The minimum absolute atomic E-state index is 1.18. The topological polar surface area (TPSA) is 34.5 Å². The van der Waals surface area contributed by atoms with Crippen LogP contribution in [0, 0.1) is 27.7 Å². The minimum atomic E-state index is 1.18. The Hall–Kier alpha value is -17.0. The molecular weight excluding hydrogens is 1590 g/mol. The Morgan fingerprint density at radius 1 is 0.137 bits per heavy atom. The number of benzene rings is 20. The molecule has 0 saturated carbocycles. The molecule has 0 fully saturated rings. The van der Waals surface area contributed by atoms with Gasteiger partial charge in [-0.25, -0.2) is 0 Å². The first-order valence-corrected chi connectivity index (χ1v) is 45.2. The monoisotopic (exact) mass is 1680 g/mol. The smallest absolute Gasteiger partial charge is 0.0542 e. The SMILES string of the molecule is Cc1c(-c2ccccc2)cccc1-n1c2ccccc2c2ccccc21.Cc1ccc(-n2c3ccccc3c3ccccc32)cc1-n1c2ccccc2c2ccccc21.Cc1cccc(-n2c3ccccc3c3cc(-c4ccc5c(c4)c4ccccc4n5-c4ccccc4)ccc32)c1.Cc1cccc(-n2c3ccccc3c3cc(-n4c5ccccc5c5ccccc54)ccc32)c1. The van der Waals surface area contributed by atoms with Crippen LogP contribution in [-0.2, 0) is 0 Å². The molecular formula is C124H89N7. The molecule has 20 aromatic carbocycles. The molecule has 0 bridgehead atoms. The van der Waals surface area contributed by atoms with Gasteiger partial charge in [-0.3, -0.25) is 0 Å². The first-order valence-electron chi connectivity index (χ1n) is 45.2. The zero-order valence-electron chi connectivity index (χ0n) is 73.1. The predicted octanol–water partition coefficient (Wildman–Crippen LogP) is 33.0. The molecule has 0 N–H and O–H groups in total. The maximum absolute atomic E-state index is 2.41. The van der Waals surface area contributed by atoms with E-state index < -0.39 is 0 Å². The van der Waals surface area contributed by atoms with Crippen LogP contribution in [0.15, 0.2) is 467 Å². The van der Waals surface area contributed by atoms with Gasteiger partial charge in [0.15, 0.2) is 0 Å². The Balaban J connectivity index is 0.0000000974. The van der Waals surface area contributed by atoms with Crippen molar-refractivity contribution < 1.29 is 0 Å². The van der Waals surface area contributed by atoms with Crippen molar-refractivity contribution in [2.75, 3.05) is 0 Å². The maximum Gasteiger partial charge on any atom is 0.0542 e. The number of para-hydroxylation sites is 12. The molecule has 0 aliphatic heterocycles. The third kappa shape index (κ3) is 13.1. The van der Waals surface area contributed by atoms with Gasteiger partial charge in [0.1, 0.15) is 0 Å². The standard InChI is InChI=1S/C37H26N2.2C31H22N2.C25H19N/c1-25-10-9-13-29(22-25)39-35-17-8-6-15-31(35)33-24-27(19-21-37(33)39)26-18-20-36-32(23-26)30-14-5-7-16-34(30)38(36)28-11-3-2-4-12-28;1-21-18-19-22(32-27-14-6-2-10-23(27)24-11-3-7-15-28(24)32)20-31(21)33-29-16-8-4-12-25(29)26-13-5-9-17-30(26)33;1-21-9-8-10-22(19-21)32-30-16-7-4-13-26(30)27-20-23(17-18-31(27)32)33-28-14-5-2-11-24(28)25-12-3-6-15-29(25)33;1-18-20(19-10-3-2-4-11-19)14-9-17-23(18)26-24-15-7-5-12-21(24)22-13-6-8-16-25(22)26/h2-24H,1H3;2*2-20H,1H3;2-17H,1H3. The Morgan fingerprint density at radius 3 is 0.748 bits per heavy atom. The zero-order valence-corrected chi connectivity index (χ0v) is 73.1. The van der Waals surface area contributed by atoms with Crippen LogP contribution < -0.4 is 0 Å². The molecule has 0 atom stereocenters. The average Bonchev–Trinajstić information content (AvgIpc) is 1.56. The molecule has 7 heterocycles. The first-order chi connectivity index (χ1) is 64.7. The van der Waals surface area contributed by atoms with Crippen molar-refractivity contribution in [1.82, 2.24) is 32.0 Å². The van der Waals surface area contributed by atoms with Crippen molar-refractivity contribution in [2.45, 2.75) is 27.7 Å². The lowest BCUT2D eigenvalue weighted by Gasteiger charge is -2.15. The lowest BCUT2D eigenvalue weighted by molar-refractivity contribution is 1.11. The molecule has 7 aromatic heterocycles. The van der Waals surface area contributed by atoms with E-state index in [-0.39, 0.29) is 0 Å². The van der Waals surface area contributed by atoms with Crippen LogP contribution in [0.3, 0.4) is 0 Å².